The van der Waals surface area contributed by atoms with Crippen LogP contribution in [0.3, 0.4) is 0 Å². The molecule has 0 saturated carbocycles. The molecule has 4 heteroatoms. The highest BCUT2D eigenvalue weighted by Crippen LogP contribution is 2.37. The molecule has 0 aliphatic heterocycles. The Morgan fingerprint density at radius 3 is 3.29 bits per heavy atom. The molecule has 1 heterocycles. The second-order valence-corrected chi connectivity index (χ2v) is 6.03. The molecule has 1 nitrogen and oxygen atoms in total. The molecule has 2 rings (SSSR count). The van der Waals surface area contributed by atoms with Crippen molar-refractivity contribution in [1.82, 2.24) is 5.32 Å². The summed E-state index contributed by atoms with van der Waals surface area (Å²) in [5.41, 5.74) is 1.38. The molecule has 1 aliphatic carbocycles. The zero-order valence-corrected chi connectivity index (χ0v) is 10.3. The molecule has 1 unspecified atom stereocenters. The summed E-state index contributed by atoms with van der Waals surface area (Å²) in [4.78, 5) is 1.46. The van der Waals surface area contributed by atoms with Gasteiger partial charge in [0.1, 0.15) is 6.67 Å². The van der Waals surface area contributed by atoms with Crippen LogP contribution in [0.2, 0.25) is 0 Å². The number of fused-ring (bicyclic) bond motifs is 1. The largest absolute Gasteiger partial charge is 0.307 e. The third-order valence-corrected chi connectivity index (χ3v) is 4.28. The van der Waals surface area contributed by atoms with E-state index in [0.717, 1.165) is 6.42 Å². The predicted molar refractivity (Wildman–Crippen MR) is 61.7 cm³/mol. The van der Waals surface area contributed by atoms with Crippen LogP contribution in [0, 0.1) is 0 Å². The molecular weight excluding hydrogens is 265 g/mol. The van der Waals surface area contributed by atoms with Crippen molar-refractivity contribution >= 4 is 27.3 Å². The normalized spacial score (nSPS) is 20.9. The first-order chi connectivity index (χ1) is 6.81. The highest BCUT2D eigenvalue weighted by atomic mass is 79.9. The third kappa shape index (κ3) is 2.18. The van der Waals surface area contributed by atoms with Crippen molar-refractivity contribution in [1.29, 1.82) is 0 Å². The van der Waals surface area contributed by atoms with Crippen molar-refractivity contribution in [2.45, 2.75) is 25.3 Å². The number of hydrogen-bond donors (Lipinski definition) is 1. The van der Waals surface area contributed by atoms with E-state index < -0.39 is 0 Å². The van der Waals surface area contributed by atoms with E-state index in [4.69, 9.17) is 0 Å². The quantitative estimate of drug-likeness (QED) is 0.893. The Labute approximate surface area is 95.8 Å². The van der Waals surface area contributed by atoms with Gasteiger partial charge in [0.25, 0.3) is 0 Å². The van der Waals surface area contributed by atoms with Crippen LogP contribution in [0.15, 0.2) is 9.85 Å². The summed E-state index contributed by atoms with van der Waals surface area (Å²) in [6.07, 6.45) is 3.53. The average molecular weight is 278 g/mol. The highest BCUT2D eigenvalue weighted by Gasteiger charge is 2.21. The van der Waals surface area contributed by atoms with E-state index >= 15 is 0 Å². The van der Waals surface area contributed by atoms with Crippen LogP contribution >= 0.6 is 27.3 Å². The molecule has 0 fully saturated rings. The van der Waals surface area contributed by atoms with E-state index in [2.05, 4.69) is 27.3 Å². The maximum Gasteiger partial charge on any atom is 0.102 e. The molecular formula is C10H13BrFNS. The summed E-state index contributed by atoms with van der Waals surface area (Å²) in [6.45, 7) is 0.189. The molecule has 0 aromatic carbocycles. The molecule has 0 amide bonds. The van der Waals surface area contributed by atoms with Crippen LogP contribution < -0.4 is 5.32 Å². The van der Waals surface area contributed by atoms with Gasteiger partial charge in [-0.1, -0.05) is 0 Å². The Morgan fingerprint density at radius 2 is 2.50 bits per heavy atom. The lowest BCUT2D eigenvalue weighted by molar-refractivity contribution is 0.409. The Morgan fingerprint density at radius 1 is 1.64 bits per heavy atom. The minimum absolute atomic E-state index is 0.281. The summed E-state index contributed by atoms with van der Waals surface area (Å²) >= 11 is 5.32. The Kier molecular flexibility index (Phi) is 3.57. The lowest BCUT2D eigenvalue weighted by atomic mass is 9.94. The lowest BCUT2D eigenvalue weighted by Crippen LogP contribution is -2.26. The fraction of sp³-hybridized carbons (Fsp3) is 0.600. The van der Waals surface area contributed by atoms with Crippen molar-refractivity contribution in [3.8, 4) is 0 Å². The standard InChI is InChI=1S/C10H13BrFNS/c11-10-6-7-8(13-5-4-12)2-1-3-9(7)14-10/h6,8,13H,1-5H2. The summed E-state index contributed by atoms with van der Waals surface area (Å²) < 4.78 is 13.3. The first kappa shape index (κ1) is 10.6. The number of nitrogens with one attached hydrogen (secondary N) is 1. The molecule has 0 bridgehead atoms. The number of aryl methyl sites for hydroxylation is 1. The van der Waals surface area contributed by atoms with Crippen LogP contribution in [0.1, 0.15) is 29.3 Å². The summed E-state index contributed by atoms with van der Waals surface area (Å²) in [5.74, 6) is 0. The van der Waals surface area contributed by atoms with Crippen molar-refractivity contribution in [3.63, 3.8) is 0 Å². The zero-order chi connectivity index (χ0) is 9.97. The van der Waals surface area contributed by atoms with Gasteiger partial charge in [-0.3, -0.25) is 0 Å². The maximum absolute atomic E-state index is 12.1. The molecule has 78 valence electrons. The van der Waals surface area contributed by atoms with E-state index in [1.165, 1.54) is 27.1 Å². The van der Waals surface area contributed by atoms with Gasteiger partial charge in [0.05, 0.1) is 3.79 Å². The van der Waals surface area contributed by atoms with Crippen LogP contribution in [-0.4, -0.2) is 13.2 Å². The second kappa shape index (κ2) is 4.73. The molecule has 14 heavy (non-hydrogen) atoms. The van der Waals surface area contributed by atoms with Crippen molar-refractivity contribution in [3.05, 3.63) is 20.3 Å². The fourth-order valence-corrected chi connectivity index (χ4v) is 3.78. The number of hydrogen-bond acceptors (Lipinski definition) is 2. The minimum atomic E-state index is -0.281. The number of thiophene rings is 1. The SMILES string of the molecule is FCCNC1CCCc2sc(Br)cc21. The molecule has 1 N–H and O–H groups in total. The predicted octanol–water partition coefficient (Wildman–Crippen LogP) is 3.45. The first-order valence-electron chi connectivity index (χ1n) is 4.88. The third-order valence-electron chi connectivity index (χ3n) is 2.57. The summed E-state index contributed by atoms with van der Waals surface area (Å²) in [5, 5.41) is 3.25. The summed E-state index contributed by atoms with van der Waals surface area (Å²) in [6, 6.07) is 2.55. The molecule has 1 aromatic rings. The van der Waals surface area contributed by atoms with E-state index in [9.17, 15) is 4.39 Å². The fourth-order valence-electron chi connectivity index (χ4n) is 1.96. The maximum atomic E-state index is 12.1. The van der Waals surface area contributed by atoms with Crippen molar-refractivity contribution in [2.75, 3.05) is 13.2 Å². The topological polar surface area (TPSA) is 12.0 Å². The van der Waals surface area contributed by atoms with Gasteiger partial charge < -0.3 is 5.32 Å². The molecule has 1 aliphatic rings. The molecule has 0 radical (unpaired) electrons. The van der Waals surface area contributed by atoms with Crippen molar-refractivity contribution in [2.24, 2.45) is 0 Å². The van der Waals surface area contributed by atoms with Crippen LogP contribution in [0.4, 0.5) is 4.39 Å². The zero-order valence-electron chi connectivity index (χ0n) is 7.85. The molecule has 0 saturated heterocycles. The van der Waals surface area contributed by atoms with Crippen LogP contribution in [-0.2, 0) is 6.42 Å². The van der Waals surface area contributed by atoms with E-state index in [1.54, 1.807) is 0 Å². The number of rotatable bonds is 3. The molecule has 1 aromatic heterocycles. The highest BCUT2D eigenvalue weighted by molar-refractivity contribution is 9.11. The average Bonchev–Trinajstić information content (AvgIpc) is 2.55. The smallest absolute Gasteiger partial charge is 0.102 e. The van der Waals surface area contributed by atoms with E-state index in [-0.39, 0.29) is 6.67 Å². The van der Waals surface area contributed by atoms with Crippen LogP contribution in [0.5, 0.6) is 0 Å². The Hall–Kier alpha value is 0.0700. The Bertz CT molecular complexity index is 313. The monoisotopic (exact) mass is 277 g/mol. The first-order valence-corrected chi connectivity index (χ1v) is 6.49. The molecule has 0 spiro atoms. The van der Waals surface area contributed by atoms with Gasteiger partial charge in [-0.15, -0.1) is 11.3 Å². The van der Waals surface area contributed by atoms with E-state index in [0.29, 0.717) is 12.6 Å². The summed E-state index contributed by atoms with van der Waals surface area (Å²) in [7, 11) is 0. The van der Waals surface area contributed by atoms with E-state index in [1.807, 2.05) is 11.3 Å². The number of halogens is 2. The Balaban J connectivity index is 2.13. The lowest BCUT2D eigenvalue weighted by Gasteiger charge is -2.23. The van der Waals surface area contributed by atoms with Gasteiger partial charge in [0.2, 0.25) is 0 Å². The van der Waals surface area contributed by atoms with Crippen molar-refractivity contribution < 1.29 is 4.39 Å². The van der Waals surface area contributed by atoms with Gasteiger partial charge in [-0.05, 0) is 46.8 Å². The minimum Gasteiger partial charge on any atom is -0.307 e. The van der Waals surface area contributed by atoms with Crippen LogP contribution in [0.25, 0.3) is 0 Å². The van der Waals surface area contributed by atoms with Gasteiger partial charge >= 0.3 is 0 Å². The van der Waals surface area contributed by atoms with Gasteiger partial charge in [-0.25, -0.2) is 4.39 Å². The second-order valence-electron chi connectivity index (χ2n) is 3.52. The van der Waals surface area contributed by atoms with Gasteiger partial charge in [0.15, 0.2) is 0 Å². The van der Waals surface area contributed by atoms with Gasteiger partial charge in [0, 0.05) is 17.5 Å². The number of alkyl halides is 1. The van der Waals surface area contributed by atoms with Gasteiger partial charge in [-0.2, -0.15) is 0 Å². The molecule has 1 atom stereocenters.